The minimum absolute atomic E-state index is 0.0305. The summed E-state index contributed by atoms with van der Waals surface area (Å²) in [5, 5.41) is 6.45. The van der Waals surface area contributed by atoms with E-state index in [4.69, 9.17) is 0 Å². The molecular formula is C23H44N2O3. The van der Waals surface area contributed by atoms with Crippen molar-refractivity contribution in [2.75, 3.05) is 20.1 Å². The van der Waals surface area contributed by atoms with Crippen molar-refractivity contribution < 1.29 is 14.4 Å². The van der Waals surface area contributed by atoms with Crippen LogP contribution >= 0.6 is 0 Å². The minimum atomic E-state index is -0.306. The zero-order valence-electron chi connectivity index (χ0n) is 18.6. The van der Waals surface area contributed by atoms with Crippen LogP contribution in [-0.4, -0.2) is 43.5 Å². The van der Waals surface area contributed by atoms with E-state index < -0.39 is 0 Å². The first-order chi connectivity index (χ1) is 13.5. The van der Waals surface area contributed by atoms with Crippen molar-refractivity contribution in [3.63, 3.8) is 0 Å². The van der Waals surface area contributed by atoms with Crippen LogP contribution in [0.2, 0.25) is 0 Å². The van der Waals surface area contributed by atoms with Gasteiger partial charge in [0.05, 0.1) is 6.04 Å². The van der Waals surface area contributed by atoms with Crippen LogP contribution in [0.4, 0.5) is 0 Å². The minimum Gasteiger partial charge on any atom is -0.317 e. The molecule has 0 aliphatic heterocycles. The zero-order chi connectivity index (χ0) is 21.0. The van der Waals surface area contributed by atoms with Gasteiger partial charge in [0.1, 0.15) is 17.3 Å². The summed E-state index contributed by atoms with van der Waals surface area (Å²) in [6.07, 6.45) is 13.1. The molecule has 0 aromatic carbocycles. The maximum atomic E-state index is 12.0. The van der Waals surface area contributed by atoms with Gasteiger partial charge in [-0.05, 0) is 52.7 Å². The quantitative estimate of drug-likeness (QED) is 0.282. The van der Waals surface area contributed by atoms with E-state index in [1.54, 1.807) is 7.05 Å². The Kier molecular flexibility index (Phi) is 18.5. The Balaban J connectivity index is 3.56. The van der Waals surface area contributed by atoms with Gasteiger partial charge in [0.25, 0.3) is 0 Å². The first kappa shape index (κ1) is 26.9. The molecule has 1 unspecified atom stereocenters. The molecule has 0 amide bonds. The fourth-order valence-electron chi connectivity index (χ4n) is 3.25. The van der Waals surface area contributed by atoms with Crippen molar-refractivity contribution in [3.8, 4) is 0 Å². The number of hydrogen-bond acceptors (Lipinski definition) is 5. The molecule has 164 valence electrons. The monoisotopic (exact) mass is 396 g/mol. The average Bonchev–Trinajstić information content (AvgIpc) is 2.67. The van der Waals surface area contributed by atoms with Crippen LogP contribution in [0.5, 0.6) is 0 Å². The molecule has 5 heteroatoms. The first-order valence-corrected chi connectivity index (χ1v) is 11.4. The van der Waals surface area contributed by atoms with Crippen molar-refractivity contribution in [2.24, 2.45) is 0 Å². The number of Topliss-reactive ketones (excluding diaryl/α,β-unsaturated/α-hetero) is 3. The molecule has 0 rings (SSSR count). The molecule has 28 heavy (non-hydrogen) atoms. The summed E-state index contributed by atoms with van der Waals surface area (Å²) in [5.74, 6) is 0.312. The van der Waals surface area contributed by atoms with Crippen LogP contribution in [0.25, 0.3) is 0 Å². The van der Waals surface area contributed by atoms with Crippen LogP contribution in [0, 0.1) is 0 Å². The molecule has 0 saturated carbocycles. The Morgan fingerprint density at radius 1 is 0.750 bits per heavy atom. The fraction of sp³-hybridized carbons (Fsp3) is 0.870. The highest BCUT2D eigenvalue weighted by Crippen LogP contribution is 2.11. The van der Waals surface area contributed by atoms with Gasteiger partial charge in [0.15, 0.2) is 0 Å². The van der Waals surface area contributed by atoms with E-state index >= 15 is 0 Å². The second kappa shape index (κ2) is 19.3. The molecular weight excluding hydrogens is 352 g/mol. The molecule has 0 aromatic rings. The summed E-state index contributed by atoms with van der Waals surface area (Å²) in [6.45, 7) is 6.00. The lowest BCUT2D eigenvalue weighted by Crippen LogP contribution is -2.34. The van der Waals surface area contributed by atoms with E-state index in [1.807, 2.05) is 0 Å². The summed E-state index contributed by atoms with van der Waals surface area (Å²) >= 11 is 0. The van der Waals surface area contributed by atoms with E-state index in [9.17, 15) is 14.4 Å². The van der Waals surface area contributed by atoms with E-state index in [-0.39, 0.29) is 29.8 Å². The number of carbonyl (C=O) groups excluding carboxylic acids is 3. The first-order valence-electron chi connectivity index (χ1n) is 11.4. The average molecular weight is 397 g/mol. The van der Waals surface area contributed by atoms with Gasteiger partial charge < -0.3 is 15.4 Å². The Hall–Kier alpha value is -1.07. The second-order valence-corrected chi connectivity index (χ2v) is 7.92. The molecule has 0 aliphatic rings. The summed E-state index contributed by atoms with van der Waals surface area (Å²) in [6, 6.07) is -0.306. The van der Waals surface area contributed by atoms with Crippen LogP contribution in [0.3, 0.4) is 0 Å². The summed E-state index contributed by atoms with van der Waals surface area (Å²) in [4.78, 5) is 35.1. The Morgan fingerprint density at radius 2 is 1.36 bits per heavy atom. The molecule has 0 bridgehead atoms. The van der Waals surface area contributed by atoms with Gasteiger partial charge in [-0.25, -0.2) is 0 Å². The molecule has 5 nitrogen and oxygen atoms in total. The molecule has 0 fully saturated rings. The molecule has 0 aliphatic carbocycles. The third-order valence-electron chi connectivity index (χ3n) is 5.19. The molecule has 0 saturated heterocycles. The van der Waals surface area contributed by atoms with E-state index in [0.717, 1.165) is 25.9 Å². The van der Waals surface area contributed by atoms with Gasteiger partial charge >= 0.3 is 0 Å². The molecule has 0 heterocycles. The standard InChI is InChI=1S/C23H44N2O3/c1-4-5-18-25-19-12-10-8-6-7-9-11-13-21(27)15-16-22(24-3)23(28)17-14-20(2)26/h22,24-25H,4-19H2,1-3H3. The summed E-state index contributed by atoms with van der Waals surface area (Å²) in [7, 11) is 1.74. The summed E-state index contributed by atoms with van der Waals surface area (Å²) in [5.41, 5.74) is 0. The maximum Gasteiger partial charge on any atom is 0.150 e. The number of nitrogens with one attached hydrogen (secondary N) is 2. The SMILES string of the molecule is CCCCNCCCCCCCCCC(=O)CCC(NC)C(=O)CCC(C)=O. The normalized spacial score (nSPS) is 12.1. The van der Waals surface area contributed by atoms with Crippen LogP contribution in [0.1, 0.15) is 104 Å². The number of ketones is 3. The van der Waals surface area contributed by atoms with Crippen LogP contribution in [0.15, 0.2) is 0 Å². The predicted octanol–water partition coefficient (Wildman–Crippen LogP) is 4.37. The smallest absolute Gasteiger partial charge is 0.150 e. The van der Waals surface area contributed by atoms with Crippen molar-refractivity contribution in [2.45, 2.75) is 110 Å². The zero-order valence-corrected chi connectivity index (χ0v) is 18.6. The Labute approximate surface area is 172 Å². The lowest BCUT2D eigenvalue weighted by atomic mass is 9.99. The predicted molar refractivity (Wildman–Crippen MR) is 117 cm³/mol. The Morgan fingerprint density at radius 3 is 1.96 bits per heavy atom. The van der Waals surface area contributed by atoms with Crippen molar-refractivity contribution >= 4 is 17.3 Å². The van der Waals surface area contributed by atoms with Crippen LogP contribution in [-0.2, 0) is 14.4 Å². The molecule has 0 radical (unpaired) electrons. The van der Waals surface area contributed by atoms with Crippen molar-refractivity contribution in [1.29, 1.82) is 0 Å². The number of hydrogen-bond donors (Lipinski definition) is 2. The lowest BCUT2D eigenvalue weighted by molar-refractivity contribution is -0.125. The second-order valence-electron chi connectivity index (χ2n) is 7.92. The fourth-order valence-corrected chi connectivity index (χ4v) is 3.25. The molecule has 2 N–H and O–H groups in total. The van der Waals surface area contributed by atoms with Gasteiger partial charge in [0.2, 0.25) is 0 Å². The molecule has 0 aromatic heterocycles. The molecule has 0 spiro atoms. The highest BCUT2D eigenvalue weighted by Gasteiger charge is 2.17. The van der Waals surface area contributed by atoms with Crippen molar-refractivity contribution in [1.82, 2.24) is 10.6 Å². The highest BCUT2D eigenvalue weighted by atomic mass is 16.1. The van der Waals surface area contributed by atoms with E-state index in [1.165, 1.54) is 51.9 Å². The number of unbranched alkanes of at least 4 members (excludes halogenated alkanes) is 7. The van der Waals surface area contributed by atoms with E-state index in [2.05, 4.69) is 17.6 Å². The third kappa shape index (κ3) is 17.1. The number of likely N-dealkylation sites (N-methyl/N-ethyl adjacent to an activating group) is 1. The highest BCUT2D eigenvalue weighted by molar-refractivity contribution is 5.88. The van der Waals surface area contributed by atoms with Gasteiger partial charge in [-0.1, -0.05) is 45.4 Å². The lowest BCUT2D eigenvalue weighted by Gasteiger charge is -2.14. The number of carbonyl (C=O) groups is 3. The number of rotatable bonds is 21. The van der Waals surface area contributed by atoms with Gasteiger partial charge in [-0.3, -0.25) is 9.59 Å². The van der Waals surface area contributed by atoms with Gasteiger partial charge in [0, 0.05) is 25.7 Å². The summed E-state index contributed by atoms with van der Waals surface area (Å²) < 4.78 is 0. The van der Waals surface area contributed by atoms with Crippen molar-refractivity contribution in [3.05, 3.63) is 0 Å². The molecule has 1 atom stereocenters. The van der Waals surface area contributed by atoms with Gasteiger partial charge in [-0.15, -0.1) is 0 Å². The topological polar surface area (TPSA) is 75.3 Å². The third-order valence-corrected chi connectivity index (χ3v) is 5.19. The largest absolute Gasteiger partial charge is 0.317 e. The van der Waals surface area contributed by atoms with E-state index in [0.29, 0.717) is 25.7 Å². The Bertz CT molecular complexity index is 424. The van der Waals surface area contributed by atoms with Crippen LogP contribution < -0.4 is 10.6 Å². The maximum absolute atomic E-state index is 12.0. The van der Waals surface area contributed by atoms with Gasteiger partial charge in [-0.2, -0.15) is 0 Å².